The van der Waals surface area contributed by atoms with E-state index in [4.69, 9.17) is 0 Å². The van der Waals surface area contributed by atoms with Crippen LogP contribution in [0.25, 0.3) is 0 Å². The van der Waals surface area contributed by atoms with Gasteiger partial charge in [0.1, 0.15) is 0 Å². The third-order valence-electron chi connectivity index (χ3n) is 2.65. The highest BCUT2D eigenvalue weighted by Gasteiger charge is 2.33. The maximum absolute atomic E-state index is 12.8. The van der Waals surface area contributed by atoms with Gasteiger partial charge < -0.3 is 4.90 Å². The molecule has 6 heteroatoms. The van der Waals surface area contributed by atoms with Gasteiger partial charge >= 0.3 is 6.18 Å². The van der Waals surface area contributed by atoms with Gasteiger partial charge in [-0.3, -0.25) is 4.79 Å². The standard InChI is InChI=1S/C14H15BrF3NO/c1-3-7-19(8-4-2)13(20)10-5-6-12(15)11(9-10)14(16,17)18/h3,5-6,9H,1,4,7-8H2,2H3. The first kappa shape index (κ1) is 16.8. The Bertz CT molecular complexity index is 500. The van der Waals surface area contributed by atoms with Crippen molar-refractivity contribution >= 4 is 21.8 Å². The Balaban J connectivity index is 3.13. The molecule has 1 aromatic rings. The number of rotatable bonds is 5. The number of benzene rings is 1. The van der Waals surface area contributed by atoms with E-state index in [1.54, 1.807) is 6.08 Å². The normalized spacial score (nSPS) is 11.2. The zero-order chi connectivity index (χ0) is 15.3. The van der Waals surface area contributed by atoms with Crippen molar-refractivity contribution in [2.24, 2.45) is 0 Å². The molecule has 0 fully saturated rings. The molecule has 0 atom stereocenters. The van der Waals surface area contributed by atoms with Gasteiger partial charge in [-0.1, -0.05) is 28.9 Å². The monoisotopic (exact) mass is 349 g/mol. The van der Waals surface area contributed by atoms with Crippen LogP contribution >= 0.6 is 15.9 Å². The molecule has 20 heavy (non-hydrogen) atoms. The molecule has 0 aliphatic heterocycles. The maximum atomic E-state index is 12.8. The summed E-state index contributed by atoms with van der Waals surface area (Å²) in [5.41, 5.74) is -0.825. The Morgan fingerprint density at radius 2 is 2.10 bits per heavy atom. The molecule has 0 aliphatic carbocycles. The van der Waals surface area contributed by atoms with Crippen LogP contribution in [0.2, 0.25) is 0 Å². The van der Waals surface area contributed by atoms with Crippen LogP contribution < -0.4 is 0 Å². The van der Waals surface area contributed by atoms with Gasteiger partial charge in [-0.15, -0.1) is 6.58 Å². The molecule has 110 valence electrons. The number of amides is 1. The van der Waals surface area contributed by atoms with E-state index in [0.717, 1.165) is 12.5 Å². The molecule has 1 amide bonds. The predicted molar refractivity (Wildman–Crippen MR) is 75.5 cm³/mol. The summed E-state index contributed by atoms with van der Waals surface area (Å²) in [5, 5.41) is 0. The van der Waals surface area contributed by atoms with Crippen molar-refractivity contribution in [2.75, 3.05) is 13.1 Å². The third kappa shape index (κ3) is 4.10. The second-order valence-electron chi connectivity index (χ2n) is 4.23. The Morgan fingerprint density at radius 1 is 1.45 bits per heavy atom. The fraction of sp³-hybridized carbons (Fsp3) is 0.357. The van der Waals surface area contributed by atoms with Crippen LogP contribution in [0.15, 0.2) is 35.3 Å². The molecule has 0 saturated carbocycles. The van der Waals surface area contributed by atoms with Crippen molar-refractivity contribution in [2.45, 2.75) is 19.5 Å². The molecule has 1 aromatic carbocycles. The predicted octanol–water partition coefficient (Wildman–Crippen LogP) is 4.51. The van der Waals surface area contributed by atoms with Crippen LogP contribution in [-0.4, -0.2) is 23.9 Å². The van der Waals surface area contributed by atoms with Gasteiger partial charge in [-0.2, -0.15) is 13.2 Å². The van der Waals surface area contributed by atoms with Crippen LogP contribution in [0.4, 0.5) is 13.2 Å². The van der Waals surface area contributed by atoms with E-state index in [9.17, 15) is 18.0 Å². The lowest BCUT2D eigenvalue weighted by atomic mass is 10.1. The molecule has 0 aromatic heterocycles. The molecule has 2 nitrogen and oxygen atoms in total. The summed E-state index contributed by atoms with van der Waals surface area (Å²) in [4.78, 5) is 13.7. The van der Waals surface area contributed by atoms with Gasteiger partial charge in [0.25, 0.3) is 5.91 Å². The summed E-state index contributed by atoms with van der Waals surface area (Å²) < 4.78 is 38.4. The fourth-order valence-electron chi connectivity index (χ4n) is 1.76. The second kappa shape index (κ2) is 6.92. The molecule has 0 unspecified atom stereocenters. The largest absolute Gasteiger partial charge is 0.417 e. The Labute approximate surface area is 124 Å². The summed E-state index contributed by atoms with van der Waals surface area (Å²) in [6.45, 7) is 6.23. The van der Waals surface area contributed by atoms with Gasteiger partial charge in [0.2, 0.25) is 0 Å². The van der Waals surface area contributed by atoms with Crippen LogP contribution in [0.3, 0.4) is 0 Å². The van der Waals surface area contributed by atoms with Gasteiger partial charge in [-0.25, -0.2) is 0 Å². The number of hydrogen-bond acceptors (Lipinski definition) is 1. The lowest BCUT2D eigenvalue weighted by molar-refractivity contribution is -0.138. The fourth-order valence-corrected chi connectivity index (χ4v) is 2.23. The lowest BCUT2D eigenvalue weighted by Crippen LogP contribution is -2.32. The topological polar surface area (TPSA) is 20.3 Å². The molecule has 1 rings (SSSR count). The first-order valence-electron chi connectivity index (χ1n) is 6.08. The van der Waals surface area contributed by atoms with Crippen LogP contribution in [0, 0.1) is 0 Å². The van der Waals surface area contributed by atoms with Crippen LogP contribution in [0.1, 0.15) is 29.3 Å². The van der Waals surface area contributed by atoms with Gasteiger partial charge in [0, 0.05) is 23.1 Å². The molecule has 0 saturated heterocycles. The minimum absolute atomic E-state index is 0.0239. The zero-order valence-corrected chi connectivity index (χ0v) is 12.6. The number of alkyl halides is 3. The van der Waals surface area contributed by atoms with Crippen molar-refractivity contribution in [1.82, 2.24) is 4.90 Å². The third-order valence-corrected chi connectivity index (χ3v) is 3.34. The first-order valence-corrected chi connectivity index (χ1v) is 6.87. The molecule has 0 radical (unpaired) electrons. The van der Waals surface area contributed by atoms with E-state index in [1.807, 2.05) is 6.92 Å². The highest BCUT2D eigenvalue weighted by Crippen LogP contribution is 2.35. The van der Waals surface area contributed by atoms with Gasteiger partial charge in [-0.05, 0) is 24.6 Å². The summed E-state index contributed by atoms with van der Waals surface area (Å²) in [6.07, 6.45) is -2.22. The first-order chi connectivity index (χ1) is 9.31. The molecule has 0 aliphatic rings. The van der Waals surface area contributed by atoms with E-state index in [2.05, 4.69) is 22.5 Å². The molecule has 0 spiro atoms. The van der Waals surface area contributed by atoms with E-state index >= 15 is 0 Å². The minimum atomic E-state index is -4.50. The van der Waals surface area contributed by atoms with Crippen molar-refractivity contribution < 1.29 is 18.0 Å². The highest BCUT2D eigenvalue weighted by molar-refractivity contribution is 9.10. The smallest absolute Gasteiger partial charge is 0.335 e. The molecule has 0 N–H and O–H groups in total. The molecule has 0 heterocycles. The molecular weight excluding hydrogens is 335 g/mol. The highest BCUT2D eigenvalue weighted by atomic mass is 79.9. The van der Waals surface area contributed by atoms with Gasteiger partial charge in [0.15, 0.2) is 0 Å². The summed E-state index contributed by atoms with van der Waals surface area (Å²) in [5.74, 6) is -0.426. The van der Waals surface area contributed by atoms with E-state index in [-0.39, 0.29) is 10.0 Å². The Kier molecular flexibility index (Phi) is 5.80. The molecular formula is C14H15BrF3NO. The van der Waals surface area contributed by atoms with Gasteiger partial charge in [0.05, 0.1) is 5.56 Å². The van der Waals surface area contributed by atoms with E-state index in [1.165, 1.54) is 17.0 Å². The number of carbonyl (C=O) groups excluding carboxylic acids is 1. The Morgan fingerprint density at radius 3 is 2.60 bits per heavy atom. The summed E-state index contributed by atoms with van der Waals surface area (Å²) in [7, 11) is 0. The zero-order valence-electron chi connectivity index (χ0n) is 11.0. The van der Waals surface area contributed by atoms with E-state index in [0.29, 0.717) is 13.1 Å². The number of nitrogens with zero attached hydrogens (tertiary/aromatic N) is 1. The average Bonchev–Trinajstić information content (AvgIpc) is 2.37. The van der Waals surface area contributed by atoms with Crippen molar-refractivity contribution in [3.8, 4) is 0 Å². The van der Waals surface area contributed by atoms with Crippen molar-refractivity contribution in [3.63, 3.8) is 0 Å². The van der Waals surface area contributed by atoms with E-state index < -0.39 is 17.6 Å². The number of carbonyl (C=O) groups is 1. The number of hydrogen-bond donors (Lipinski definition) is 0. The number of halogens is 4. The summed E-state index contributed by atoms with van der Waals surface area (Å²) >= 11 is 2.85. The second-order valence-corrected chi connectivity index (χ2v) is 5.09. The van der Waals surface area contributed by atoms with Crippen LogP contribution in [-0.2, 0) is 6.18 Å². The average molecular weight is 350 g/mol. The SMILES string of the molecule is C=CCN(CCC)C(=O)c1ccc(Br)c(C(F)(F)F)c1. The quantitative estimate of drug-likeness (QED) is 0.716. The molecule has 0 bridgehead atoms. The maximum Gasteiger partial charge on any atom is 0.417 e. The Hall–Kier alpha value is -1.30. The lowest BCUT2D eigenvalue weighted by Gasteiger charge is -2.21. The van der Waals surface area contributed by atoms with Crippen molar-refractivity contribution in [3.05, 3.63) is 46.5 Å². The van der Waals surface area contributed by atoms with Crippen molar-refractivity contribution in [1.29, 1.82) is 0 Å². The summed E-state index contributed by atoms with van der Waals surface area (Å²) in [6, 6.07) is 3.50. The van der Waals surface area contributed by atoms with Crippen LogP contribution in [0.5, 0.6) is 0 Å². The minimum Gasteiger partial charge on any atom is -0.335 e.